The van der Waals surface area contributed by atoms with Gasteiger partial charge in [0.05, 0.1) is 13.5 Å². The molecule has 90 valence electrons. The Hall–Kier alpha value is -0.510. The number of hydrogen-bond acceptors (Lipinski definition) is 3. The molecule has 0 saturated carbocycles. The third-order valence-corrected chi connectivity index (χ3v) is 5.14. The lowest BCUT2D eigenvalue weighted by molar-refractivity contribution is -0.140. The van der Waals surface area contributed by atoms with E-state index < -0.39 is 10.9 Å². The molecule has 0 aliphatic rings. The molecular weight excluding hydrogens is 212 g/mol. The Balaban J connectivity index is 4.26. The van der Waals surface area contributed by atoms with Crippen LogP contribution >= 0.6 is 10.9 Å². The molecule has 0 heterocycles. The molecule has 0 radical (unpaired) electrons. The van der Waals surface area contributed by atoms with Crippen molar-refractivity contribution in [1.82, 2.24) is 0 Å². The fraction of sp³-hybridized carbons (Fsp3) is 0.818. The summed E-state index contributed by atoms with van der Waals surface area (Å²) in [6, 6.07) is 0. The van der Waals surface area contributed by atoms with Crippen LogP contribution in [0.15, 0.2) is 0 Å². The molecule has 0 bridgehead atoms. The molecule has 3 nitrogen and oxygen atoms in total. The molecule has 0 amide bonds. The highest BCUT2D eigenvalue weighted by atomic mass is 32.2. The van der Waals surface area contributed by atoms with Gasteiger partial charge in [-0.2, -0.15) is 10.9 Å². The first-order valence-corrected chi connectivity index (χ1v) is 7.02. The van der Waals surface area contributed by atoms with Crippen LogP contribution in [0.5, 0.6) is 0 Å². The lowest BCUT2D eigenvalue weighted by atomic mass is 10.3. The number of carbonyl (C=O) groups excluding carboxylic acids is 2. The van der Waals surface area contributed by atoms with Gasteiger partial charge in [0.2, 0.25) is 0 Å². The number of thiol groups is 1. The topological polar surface area (TPSA) is 43.4 Å². The monoisotopic (exact) mass is 234 g/mol. The van der Waals surface area contributed by atoms with Crippen molar-refractivity contribution < 1.29 is 14.3 Å². The lowest BCUT2D eigenvalue weighted by Crippen LogP contribution is -2.17. The normalized spacial score (nSPS) is 15.6. The smallest absolute Gasteiger partial charge is 0.306 e. The predicted octanol–water partition coefficient (Wildman–Crippen LogP) is 2.29. The van der Waals surface area contributed by atoms with Gasteiger partial charge in [-0.25, -0.2) is 0 Å². The largest absolute Gasteiger partial charge is 0.469 e. The Bertz CT molecular complexity index is 216. The zero-order valence-electron chi connectivity index (χ0n) is 10.1. The standard InChI is InChI=1S/C11H22O3S/c1-5-7-11(13)15(6-2)9(3)8-10(12)14-4/h9,15H,5-8H2,1-4H3. The van der Waals surface area contributed by atoms with E-state index in [1.165, 1.54) is 7.11 Å². The quantitative estimate of drug-likeness (QED) is 0.566. The van der Waals surface area contributed by atoms with Crippen molar-refractivity contribution in [2.75, 3.05) is 12.9 Å². The minimum absolute atomic E-state index is 0.150. The molecule has 0 fully saturated rings. The number of ether oxygens (including phenoxy) is 1. The molecule has 0 aromatic rings. The predicted molar refractivity (Wildman–Crippen MR) is 65.5 cm³/mol. The summed E-state index contributed by atoms with van der Waals surface area (Å²) in [5.74, 6) is 0.652. The number of esters is 1. The van der Waals surface area contributed by atoms with E-state index in [0.717, 1.165) is 12.2 Å². The van der Waals surface area contributed by atoms with Crippen molar-refractivity contribution in [3.05, 3.63) is 0 Å². The minimum atomic E-state index is -0.665. The Morgan fingerprint density at radius 3 is 2.33 bits per heavy atom. The number of carbonyl (C=O) groups is 2. The molecule has 2 unspecified atom stereocenters. The minimum Gasteiger partial charge on any atom is -0.469 e. The first-order valence-electron chi connectivity index (χ1n) is 5.43. The van der Waals surface area contributed by atoms with E-state index in [-0.39, 0.29) is 11.2 Å². The van der Waals surface area contributed by atoms with Gasteiger partial charge in [0.15, 0.2) is 5.12 Å². The maximum atomic E-state index is 11.8. The van der Waals surface area contributed by atoms with Gasteiger partial charge in [0.25, 0.3) is 0 Å². The maximum absolute atomic E-state index is 11.8. The van der Waals surface area contributed by atoms with E-state index >= 15 is 0 Å². The molecule has 0 aromatic carbocycles. The number of methoxy groups -OCH3 is 1. The van der Waals surface area contributed by atoms with Crippen molar-refractivity contribution in [3.8, 4) is 0 Å². The summed E-state index contributed by atoms with van der Waals surface area (Å²) in [6.07, 6.45) is 1.90. The summed E-state index contributed by atoms with van der Waals surface area (Å²) < 4.78 is 4.62. The van der Waals surface area contributed by atoms with Gasteiger partial charge < -0.3 is 4.74 Å². The van der Waals surface area contributed by atoms with Crippen LogP contribution in [0, 0.1) is 0 Å². The van der Waals surface area contributed by atoms with Crippen molar-refractivity contribution >= 4 is 22.0 Å². The third-order valence-electron chi connectivity index (χ3n) is 2.35. The molecule has 0 saturated heterocycles. The van der Waals surface area contributed by atoms with Gasteiger partial charge in [-0.1, -0.05) is 20.8 Å². The first-order chi connectivity index (χ1) is 7.06. The van der Waals surface area contributed by atoms with Gasteiger partial charge in [-0.3, -0.25) is 9.59 Å². The van der Waals surface area contributed by atoms with E-state index in [1.807, 2.05) is 20.8 Å². The lowest BCUT2D eigenvalue weighted by Gasteiger charge is -2.24. The summed E-state index contributed by atoms with van der Waals surface area (Å²) >= 11 is 0. The zero-order chi connectivity index (χ0) is 11.8. The van der Waals surface area contributed by atoms with Crippen molar-refractivity contribution in [2.45, 2.75) is 45.3 Å². The number of rotatable bonds is 6. The van der Waals surface area contributed by atoms with Crippen LogP contribution < -0.4 is 0 Å². The second-order valence-electron chi connectivity index (χ2n) is 3.56. The average molecular weight is 234 g/mol. The number of hydrogen-bond donors (Lipinski definition) is 1. The van der Waals surface area contributed by atoms with E-state index in [1.54, 1.807) is 0 Å². The first kappa shape index (κ1) is 14.5. The van der Waals surface area contributed by atoms with Crippen molar-refractivity contribution in [1.29, 1.82) is 0 Å². The molecule has 0 aromatic heterocycles. The molecule has 0 N–H and O–H groups in total. The van der Waals surface area contributed by atoms with Gasteiger partial charge in [-0.05, 0) is 12.2 Å². The van der Waals surface area contributed by atoms with Crippen LogP contribution in [0.1, 0.15) is 40.0 Å². The molecule has 4 heteroatoms. The summed E-state index contributed by atoms with van der Waals surface area (Å²) in [4.78, 5) is 22.9. The van der Waals surface area contributed by atoms with Gasteiger partial charge >= 0.3 is 5.97 Å². The zero-order valence-corrected chi connectivity index (χ0v) is 11.0. The Morgan fingerprint density at radius 1 is 1.33 bits per heavy atom. The summed E-state index contributed by atoms with van der Waals surface area (Å²) in [6.45, 7) is 6.00. The fourth-order valence-electron chi connectivity index (χ4n) is 1.53. The van der Waals surface area contributed by atoms with Crippen molar-refractivity contribution in [3.63, 3.8) is 0 Å². The van der Waals surface area contributed by atoms with Crippen LogP contribution in [0.4, 0.5) is 0 Å². The summed E-state index contributed by atoms with van der Waals surface area (Å²) in [7, 11) is 0.721. The molecule has 0 aliphatic heterocycles. The highest BCUT2D eigenvalue weighted by Crippen LogP contribution is 2.35. The second-order valence-corrected chi connectivity index (χ2v) is 6.51. The van der Waals surface area contributed by atoms with E-state index in [0.29, 0.717) is 18.0 Å². The highest BCUT2D eigenvalue weighted by Gasteiger charge is 2.20. The second kappa shape index (κ2) is 7.74. The van der Waals surface area contributed by atoms with E-state index in [9.17, 15) is 9.59 Å². The Morgan fingerprint density at radius 2 is 1.93 bits per heavy atom. The summed E-state index contributed by atoms with van der Waals surface area (Å²) in [5, 5.41) is 0.489. The fourth-order valence-corrected chi connectivity index (χ4v) is 3.87. The summed E-state index contributed by atoms with van der Waals surface area (Å²) in [5.41, 5.74) is 0. The van der Waals surface area contributed by atoms with Crippen molar-refractivity contribution in [2.24, 2.45) is 0 Å². The maximum Gasteiger partial charge on any atom is 0.306 e. The van der Waals surface area contributed by atoms with E-state index in [4.69, 9.17) is 0 Å². The van der Waals surface area contributed by atoms with Gasteiger partial charge in [-0.15, -0.1) is 0 Å². The highest BCUT2D eigenvalue weighted by molar-refractivity contribution is 8.30. The van der Waals surface area contributed by atoms with Crippen LogP contribution in [0.2, 0.25) is 0 Å². The van der Waals surface area contributed by atoms with Crippen LogP contribution in [-0.2, 0) is 14.3 Å². The Labute approximate surface area is 94.9 Å². The molecule has 2 atom stereocenters. The SMILES string of the molecule is CCCC(=O)[SH](CC)C(C)CC(=O)OC. The van der Waals surface area contributed by atoms with Crippen LogP contribution in [0.3, 0.4) is 0 Å². The molecule has 0 aliphatic carbocycles. The van der Waals surface area contributed by atoms with Gasteiger partial charge in [0, 0.05) is 11.7 Å². The molecule has 15 heavy (non-hydrogen) atoms. The van der Waals surface area contributed by atoms with E-state index in [2.05, 4.69) is 4.74 Å². The molecule has 0 spiro atoms. The van der Waals surface area contributed by atoms with Crippen LogP contribution in [-0.4, -0.2) is 29.2 Å². The Kier molecular flexibility index (Phi) is 7.48. The van der Waals surface area contributed by atoms with Gasteiger partial charge in [0.1, 0.15) is 0 Å². The average Bonchev–Trinajstić information content (AvgIpc) is 2.19. The molecule has 0 rings (SSSR count). The molecular formula is C11H22O3S. The van der Waals surface area contributed by atoms with Crippen LogP contribution in [0.25, 0.3) is 0 Å². The third kappa shape index (κ3) is 5.21.